The van der Waals surface area contributed by atoms with Crippen molar-refractivity contribution >= 4 is 17.3 Å². The van der Waals surface area contributed by atoms with Gasteiger partial charge in [0.25, 0.3) is 0 Å². The van der Waals surface area contributed by atoms with Crippen molar-refractivity contribution in [2.24, 2.45) is 0 Å². The van der Waals surface area contributed by atoms with E-state index < -0.39 is 0 Å². The summed E-state index contributed by atoms with van der Waals surface area (Å²) in [6.45, 7) is 2.29. The number of nitrogens with one attached hydrogen (secondary N) is 1. The number of nitrogens with zero attached hydrogens (tertiary/aromatic N) is 1. The summed E-state index contributed by atoms with van der Waals surface area (Å²) in [4.78, 5) is 2.21. The van der Waals surface area contributed by atoms with Gasteiger partial charge in [0, 0.05) is 31.4 Å². The normalized spacial score (nSPS) is 10.6. The fourth-order valence-electron chi connectivity index (χ4n) is 2.16. The molecule has 2 nitrogen and oxygen atoms in total. The summed E-state index contributed by atoms with van der Waals surface area (Å²) in [6.07, 6.45) is 0.994. The number of benzene rings is 2. The molecule has 0 aliphatic heterocycles. The monoisotopic (exact) mass is 306 g/mol. The first kappa shape index (κ1) is 15.8. The molecular formula is C17H20ClFN2. The smallest absolute Gasteiger partial charge is 0.146 e. The van der Waals surface area contributed by atoms with E-state index in [1.165, 1.54) is 5.69 Å². The van der Waals surface area contributed by atoms with Gasteiger partial charge in [-0.05, 0) is 31.2 Å². The van der Waals surface area contributed by atoms with E-state index in [0.29, 0.717) is 12.1 Å². The fraction of sp³-hybridized carbons (Fsp3) is 0.294. The average Bonchev–Trinajstić information content (AvgIpc) is 2.51. The maximum atomic E-state index is 13.7. The van der Waals surface area contributed by atoms with Gasteiger partial charge in [0.05, 0.1) is 5.02 Å². The Morgan fingerprint density at radius 1 is 1.10 bits per heavy atom. The molecule has 2 aromatic carbocycles. The first-order valence-electron chi connectivity index (χ1n) is 7.08. The van der Waals surface area contributed by atoms with Gasteiger partial charge in [-0.15, -0.1) is 0 Å². The van der Waals surface area contributed by atoms with Crippen LogP contribution >= 0.6 is 11.6 Å². The van der Waals surface area contributed by atoms with Crippen LogP contribution in [0.2, 0.25) is 5.02 Å². The van der Waals surface area contributed by atoms with Gasteiger partial charge in [0.1, 0.15) is 5.82 Å². The Balaban J connectivity index is 1.70. The SMILES string of the molecule is CN(CCCNCc1cccc(Cl)c1F)c1ccccc1. The predicted molar refractivity (Wildman–Crippen MR) is 87.4 cm³/mol. The lowest BCUT2D eigenvalue weighted by molar-refractivity contribution is 0.582. The standard InChI is InChI=1S/C17H20ClFN2/c1-21(15-8-3-2-4-9-15)12-6-11-20-13-14-7-5-10-16(18)17(14)19/h2-5,7-10,20H,6,11-13H2,1H3. The third-order valence-corrected chi connectivity index (χ3v) is 3.68. The van der Waals surface area contributed by atoms with Crippen LogP contribution in [-0.2, 0) is 6.54 Å². The summed E-state index contributed by atoms with van der Waals surface area (Å²) >= 11 is 5.75. The van der Waals surface area contributed by atoms with Crippen LogP contribution in [0.25, 0.3) is 0 Å². The van der Waals surface area contributed by atoms with E-state index in [1.807, 2.05) is 18.2 Å². The van der Waals surface area contributed by atoms with Gasteiger partial charge >= 0.3 is 0 Å². The lowest BCUT2D eigenvalue weighted by atomic mass is 10.2. The molecule has 1 N–H and O–H groups in total. The van der Waals surface area contributed by atoms with Gasteiger partial charge in [-0.1, -0.05) is 41.9 Å². The Morgan fingerprint density at radius 2 is 1.86 bits per heavy atom. The van der Waals surface area contributed by atoms with E-state index in [-0.39, 0.29) is 10.8 Å². The highest BCUT2D eigenvalue weighted by molar-refractivity contribution is 6.30. The molecule has 21 heavy (non-hydrogen) atoms. The second kappa shape index (κ2) is 8.01. The van der Waals surface area contributed by atoms with E-state index in [9.17, 15) is 4.39 Å². The second-order valence-corrected chi connectivity index (χ2v) is 5.41. The Hall–Kier alpha value is -1.58. The Morgan fingerprint density at radius 3 is 2.62 bits per heavy atom. The van der Waals surface area contributed by atoms with Gasteiger partial charge in [0.2, 0.25) is 0 Å². The minimum atomic E-state index is -0.326. The van der Waals surface area contributed by atoms with E-state index in [1.54, 1.807) is 18.2 Å². The zero-order valence-electron chi connectivity index (χ0n) is 12.2. The predicted octanol–water partition coefficient (Wildman–Crippen LogP) is 4.10. The van der Waals surface area contributed by atoms with Crippen LogP contribution in [-0.4, -0.2) is 20.1 Å². The van der Waals surface area contributed by atoms with Gasteiger partial charge in [0.15, 0.2) is 0 Å². The molecular weight excluding hydrogens is 287 g/mol. The first-order valence-corrected chi connectivity index (χ1v) is 7.46. The van der Waals surface area contributed by atoms with Crippen molar-refractivity contribution in [3.05, 3.63) is 64.9 Å². The minimum absolute atomic E-state index is 0.179. The molecule has 0 heterocycles. The minimum Gasteiger partial charge on any atom is -0.375 e. The van der Waals surface area contributed by atoms with Crippen molar-refractivity contribution in [2.75, 3.05) is 25.0 Å². The first-order chi connectivity index (χ1) is 10.2. The average molecular weight is 307 g/mol. The van der Waals surface area contributed by atoms with Crippen LogP contribution in [0.5, 0.6) is 0 Å². The molecule has 0 aliphatic carbocycles. The zero-order chi connectivity index (χ0) is 15.1. The molecule has 0 saturated carbocycles. The lowest BCUT2D eigenvalue weighted by Gasteiger charge is -2.19. The van der Waals surface area contributed by atoms with Crippen molar-refractivity contribution in [1.29, 1.82) is 0 Å². The molecule has 0 spiro atoms. The molecule has 0 bridgehead atoms. The van der Waals surface area contributed by atoms with Gasteiger partial charge in [-0.25, -0.2) is 4.39 Å². The number of halogens is 2. The summed E-state index contributed by atoms with van der Waals surface area (Å²) in [7, 11) is 2.08. The maximum Gasteiger partial charge on any atom is 0.146 e. The van der Waals surface area contributed by atoms with Crippen molar-refractivity contribution in [1.82, 2.24) is 5.32 Å². The van der Waals surface area contributed by atoms with Crippen LogP contribution < -0.4 is 10.2 Å². The van der Waals surface area contributed by atoms with Crippen LogP contribution in [0.15, 0.2) is 48.5 Å². The van der Waals surface area contributed by atoms with Crippen molar-refractivity contribution < 1.29 is 4.39 Å². The lowest BCUT2D eigenvalue weighted by Crippen LogP contribution is -2.23. The maximum absolute atomic E-state index is 13.7. The number of hydrogen-bond donors (Lipinski definition) is 1. The quantitative estimate of drug-likeness (QED) is 0.775. The molecule has 4 heteroatoms. The molecule has 0 aliphatic rings. The van der Waals surface area contributed by atoms with E-state index in [0.717, 1.165) is 19.5 Å². The van der Waals surface area contributed by atoms with Gasteiger partial charge < -0.3 is 10.2 Å². The number of para-hydroxylation sites is 1. The van der Waals surface area contributed by atoms with Crippen LogP contribution in [0.3, 0.4) is 0 Å². The Kier molecular flexibility index (Phi) is 6.03. The third kappa shape index (κ3) is 4.73. The molecule has 0 unspecified atom stereocenters. The molecule has 0 fully saturated rings. The van der Waals surface area contributed by atoms with Crippen molar-refractivity contribution in [3.8, 4) is 0 Å². The van der Waals surface area contributed by atoms with Crippen LogP contribution in [0.4, 0.5) is 10.1 Å². The zero-order valence-corrected chi connectivity index (χ0v) is 12.9. The molecule has 0 aromatic heterocycles. The molecule has 2 aromatic rings. The van der Waals surface area contributed by atoms with Crippen molar-refractivity contribution in [2.45, 2.75) is 13.0 Å². The van der Waals surface area contributed by atoms with Crippen molar-refractivity contribution in [3.63, 3.8) is 0 Å². The summed E-state index contributed by atoms with van der Waals surface area (Å²) < 4.78 is 13.7. The van der Waals surface area contributed by atoms with Gasteiger partial charge in [-0.3, -0.25) is 0 Å². The molecule has 0 amide bonds. The summed E-state index contributed by atoms with van der Waals surface area (Å²) in [5, 5.41) is 3.43. The molecule has 0 radical (unpaired) electrons. The highest BCUT2D eigenvalue weighted by Crippen LogP contribution is 2.17. The summed E-state index contributed by atoms with van der Waals surface area (Å²) in [5.41, 5.74) is 1.82. The fourth-order valence-corrected chi connectivity index (χ4v) is 2.35. The van der Waals surface area contributed by atoms with E-state index in [4.69, 9.17) is 11.6 Å². The summed E-state index contributed by atoms with van der Waals surface area (Å²) in [5.74, 6) is -0.326. The van der Waals surface area contributed by atoms with Gasteiger partial charge in [-0.2, -0.15) is 0 Å². The number of rotatable bonds is 7. The highest BCUT2D eigenvalue weighted by atomic mass is 35.5. The highest BCUT2D eigenvalue weighted by Gasteiger charge is 2.05. The molecule has 2 rings (SSSR count). The molecule has 112 valence electrons. The number of anilines is 1. The van der Waals surface area contributed by atoms with Crippen LogP contribution in [0.1, 0.15) is 12.0 Å². The Labute approximate surface area is 130 Å². The number of hydrogen-bond acceptors (Lipinski definition) is 2. The van der Waals surface area contributed by atoms with E-state index >= 15 is 0 Å². The third-order valence-electron chi connectivity index (χ3n) is 3.39. The Bertz CT molecular complexity index is 560. The molecule has 0 saturated heterocycles. The topological polar surface area (TPSA) is 15.3 Å². The summed E-state index contributed by atoms with van der Waals surface area (Å²) in [6, 6.07) is 15.4. The van der Waals surface area contributed by atoms with Crippen LogP contribution in [0, 0.1) is 5.82 Å². The molecule has 0 atom stereocenters. The van der Waals surface area contributed by atoms with E-state index in [2.05, 4.69) is 29.4 Å². The largest absolute Gasteiger partial charge is 0.375 e. The second-order valence-electron chi connectivity index (χ2n) is 5.00.